The van der Waals surface area contributed by atoms with E-state index in [-0.39, 0.29) is 10.9 Å². The lowest BCUT2D eigenvalue weighted by Crippen LogP contribution is -2.36. The zero-order chi connectivity index (χ0) is 16.0. The van der Waals surface area contributed by atoms with Crippen molar-refractivity contribution in [1.29, 1.82) is 0 Å². The van der Waals surface area contributed by atoms with Crippen molar-refractivity contribution in [3.8, 4) is 0 Å². The van der Waals surface area contributed by atoms with Gasteiger partial charge in [0.25, 0.3) is 0 Å². The molecule has 6 nitrogen and oxygen atoms in total. The molecule has 21 heavy (non-hydrogen) atoms. The van der Waals surface area contributed by atoms with E-state index in [0.29, 0.717) is 11.9 Å². The number of sulfonamides is 1. The molecular weight excluding hydrogens is 288 g/mol. The molecule has 120 valence electrons. The summed E-state index contributed by atoms with van der Waals surface area (Å²) in [6, 6.07) is -0.0621. The Morgan fingerprint density at radius 2 is 1.81 bits per heavy atom. The highest BCUT2D eigenvalue weighted by Crippen LogP contribution is 2.19. The van der Waals surface area contributed by atoms with Crippen LogP contribution in [0.3, 0.4) is 0 Å². The Morgan fingerprint density at radius 3 is 2.29 bits per heavy atom. The van der Waals surface area contributed by atoms with E-state index < -0.39 is 10.0 Å². The Kier molecular flexibility index (Phi) is 6.54. The summed E-state index contributed by atoms with van der Waals surface area (Å²) < 4.78 is 26.4. The van der Waals surface area contributed by atoms with Crippen LogP contribution in [0.4, 0.5) is 5.95 Å². The van der Waals surface area contributed by atoms with Crippen molar-refractivity contribution in [2.24, 2.45) is 5.92 Å². The molecule has 0 fully saturated rings. The standard InChI is InChI=1S/C14H26N4O2S/c1-6-7-15-14-16-9-13(10-17-14)21(19,20)18(5)12(4)8-11(2)3/h9-12H,6-8H2,1-5H3,(H,15,16,17). The molecule has 1 heterocycles. The molecule has 0 bridgehead atoms. The van der Waals surface area contributed by atoms with Crippen LogP contribution < -0.4 is 5.32 Å². The van der Waals surface area contributed by atoms with E-state index in [1.165, 1.54) is 16.7 Å². The maximum absolute atomic E-state index is 12.5. The zero-order valence-electron chi connectivity index (χ0n) is 13.5. The van der Waals surface area contributed by atoms with Crippen LogP contribution in [0.25, 0.3) is 0 Å². The topological polar surface area (TPSA) is 75.2 Å². The molecule has 0 spiro atoms. The third-order valence-corrected chi connectivity index (χ3v) is 5.20. The smallest absolute Gasteiger partial charge is 0.246 e. The van der Waals surface area contributed by atoms with Crippen LogP contribution in [0.5, 0.6) is 0 Å². The summed E-state index contributed by atoms with van der Waals surface area (Å²) in [4.78, 5) is 8.24. The van der Waals surface area contributed by atoms with Gasteiger partial charge in [0.1, 0.15) is 4.90 Å². The van der Waals surface area contributed by atoms with E-state index in [1.54, 1.807) is 7.05 Å². The van der Waals surface area contributed by atoms with Crippen LogP contribution in [-0.2, 0) is 10.0 Å². The molecule has 1 aromatic heterocycles. The van der Waals surface area contributed by atoms with Crippen LogP contribution >= 0.6 is 0 Å². The average Bonchev–Trinajstić information content (AvgIpc) is 2.43. The predicted molar refractivity (Wildman–Crippen MR) is 84.7 cm³/mol. The molecule has 0 saturated heterocycles. The molecule has 0 aromatic carbocycles. The van der Waals surface area contributed by atoms with Crippen LogP contribution in [0.2, 0.25) is 0 Å². The second-order valence-corrected chi connectivity index (χ2v) is 7.67. The zero-order valence-corrected chi connectivity index (χ0v) is 14.3. The van der Waals surface area contributed by atoms with Crippen molar-refractivity contribution < 1.29 is 8.42 Å². The molecule has 1 N–H and O–H groups in total. The SMILES string of the molecule is CCCNc1ncc(S(=O)(=O)N(C)C(C)CC(C)C)cn1. The first kappa shape index (κ1) is 17.8. The maximum Gasteiger partial charge on any atom is 0.246 e. The van der Waals surface area contributed by atoms with E-state index in [0.717, 1.165) is 19.4 Å². The lowest BCUT2D eigenvalue weighted by molar-refractivity contribution is 0.337. The minimum atomic E-state index is -3.54. The van der Waals surface area contributed by atoms with E-state index >= 15 is 0 Å². The van der Waals surface area contributed by atoms with E-state index in [9.17, 15) is 8.42 Å². The highest BCUT2D eigenvalue weighted by molar-refractivity contribution is 7.89. The maximum atomic E-state index is 12.5. The predicted octanol–water partition coefficient (Wildman–Crippen LogP) is 2.35. The third kappa shape index (κ3) is 4.93. The Hall–Kier alpha value is -1.21. The van der Waals surface area contributed by atoms with Crippen molar-refractivity contribution >= 4 is 16.0 Å². The summed E-state index contributed by atoms with van der Waals surface area (Å²) in [7, 11) is -1.94. The molecule has 1 rings (SSSR count). The Balaban J connectivity index is 2.86. The molecule has 1 unspecified atom stereocenters. The summed E-state index contributed by atoms with van der Waals surface area (Å²) >= 11 is 0. The second-order valence-electron chi connectivity index (χ2n) is 5.67. The first-order valence-electron chi connectivity index (χ1n) is 7.33. The van der Waals surface area contributed by atoms with Gasteiger partial charge in [-0.3, -0.25) is 0 Å². The first-order valence-corrected chi connectivity index (χ1v) is 8.77. The fraction of sp³-hybridized carbons (Fsp3) is 0.714. The van der Waals surface area contributed by atoms with Gasteiger partial charge in [-0.25, -0.2) is 18.4 Å². The number of rotatable bonds is 8. The quantitative estimate of drug-likeness (QED) is 0.797. The normalized spacial score (nSPS) is 13.7. The summed E-state index contributed by atoms with van der Waals surface area (Å²) in [6.45, 7) is 8.87. The molecule has 0 aliphatic heterocycles. The minimum Gasteiger partial charge on any atom is -0.354 e. The van der Waals surface area contributed by atoms with Gasteiger partial charge in [0, 0.05) is 19.6 Å². The molecule has 1 atom stereocenters. The highest BCUT2D eigenvalue weighted by atomic mass is 32.2. The van der Waals surface area contributed by atoms with E-state index in [4.69, 9.17) is 0 Å². The Labute approximate surface area is 128 Å². The number of hydrogen-bond donors (Lipinski definition) is 1. The van der Waals surface area contributed by atoms with E-state index in [1.807, 2.05) is 13.8 Å². The van der Waals surface area contributed by atoms with Gasteiger partial charge in [-0.1, -0.05) is 20.8 Å². The third-order valence-electron chi connectivity index (χ3n) is 3.27. The number of nitrogens with zero attached hydrogens (tertiary/aromatic N) is 3. The fourth-order valence-corrected chi connectivity index (χ4v) is 3.28. The molecule has 0 saturated carbocycles. The van der Waals surface area contributed by atoms with Crippen LogP contribution in [-0.4, -0.2) is 42.3 Å². The number of anilines is 1. The molecule has 0 amide bonds. The molecule has 0 aliphatic carbocycles. The van der Waals surface area contributed by atoms with Crippen LogP contribution in [0.15, 0.2) is 17.3 Å². The van der Waals surface area contributed by atoms with Gasteiger partial charge in [0.15, 0.2) is 0 Å². The van der Waals surface area contributed by atoms with Gasteiger partial charge < -0.3 is 5.32 Å². The van der Waals surface area contributed by atoms with Crippen molar-refractivity contribution in [3.05, 3.63) is 12.4 Å². The highest BCUT2D eigenvalue weighted by Gasteiger charge is 2.26. The van der Waals surface area contributed by atoms with E-state index in [2.05, 4.69) is 29.1 Å². The minimum absolute atomic E-state index is 0.0621. The largest absolute Gasteiger partial charge is 0.354 e. The molecule has 0 radical (unpaired) electrons. The van der Waals surface area contributed by atoms with Gasteiger partial charge in [-0.15, -0.1) is 0 Å². The summed E-state index contributed by atoms with van der Waals surface area (Å²) in [5.74, 6) is 0.892. The first-order chi connectivity index (χ1) is 9.78. The second kappa shape index (κ2) is 7.70. The van der Waals surface area contributed by atoms with Gasteiger partial charge in [0.2, 0.25) is 16.0 Å². The van der Waals surface area contributed by atoms with Crippen molar-refractivity contribution in [1.82, 2.24) is 14.3 Å². The monoisotopic (exact) mass is 314 g/mol. The van der Waals surface area contributed by atoms with Gasteiger partial charge >= 0.3 is 0 Å². The number of aromatic nitrogens is 2. The number of nitrogens with one attached hydrogen (secondary N) is 1. The Bertz CT molecular complexity index is 528. The van der Waals surface area contributed by atoms with Crippen molar-refractivity contribution in [3.63, 3.8) is 0 Å². The molecule has 7 heteroatoms. The summed E-state index contributed by atoms with van der Waals surface area (Å²) in [5.41, 5.74) is 0. The lowest BCUT2D eigenvalue weighted by Gasteiger charge is -2.25. The van der Waals surface area contributed by atoms with Crippen molar-refractivity contribution in [2.45, 2.75) is 51.5 Å². The number of hydrogen-bond acceptors (Lipinski definition) is 5. The van der Waals surface area contributed by atoms with Crippen LogP contribution in [0, 0.1) is 5.92 Å². The molecular formula is C14H26N4O2S. The summed E-state index contributed by atoms with van der Waals surface area (Å²) in [5, 5.41) is 3.02. The molecule has 0 aliphatic rings. The molecule has 1 aromatic rings. The van der Waals surface area contributed by atoms with Gasteiger partial charge in [-0.2, -0.15) is 4.31 Å². The van der Waals surface area contributed by atoms with Crippen molar-refractivity contribution in [2.75, 3.05) is 18.9 Å². The lowest BCUT2D eigenvalue weighted by atomic mass is 10.1. The summed E-state index contributed by atoms with van der Waals surface area (Å²) in [6.07, 6.45) is 4.49. The average molecular weight is 314 g/mol. The van der Waals surface area contributed by atoms with Gasteiger partial charge in [0.05, 0.1) is 12.4 Å². The van der Waals surface area contributed by atoms with Crippen LogP contribution in [0.1, 0.15) is 40.5 Å². The Morgan fingerprint density at radius 1 is 1.24 bits per heavy atom. The fourth-order valence-electron chi connectivity index (χ4n) is 2.01. The van der Waals surface area contributed by atoms with Gasteiger partial charge in [-0.05, 0) is 25.7 Å².